The lowest BCUT2D eigenvalue weighted by Gasteiger charge is -2.10. The lowest BCUT2D eigenvalue weighted by atomic mass is 10.3. The van der Waals surface area contributed by atoms with Gasteiger partial charge in [0.15, 0.2) is 5.82 Å². The van der Waals surface area contributed by atoms with Crippen molar-refractivity contribution in [3.05, 3.63) is 49.5 Å². The molecule has 1 amide bonds. The van der Waals surface area contributed by atoms with E-state index in [4.69, 9.17) is 34.7 Å². The Balaban J connectivity index is 2.43. The van der Waals surface area contributed by atoms with Crippen molar-refractivity contribution in [3.8, 4) is 5.69 Å². The summed E-state index contributed by atoms with van der Waals surface area (Å²) in [6.45, 7) is 0. The molecule has 0 radical (unpaired) electrons. The molecule has 0 fully saturated rings. The molecule has 0 saturated carbocycles. The average molecular weight is 355 g/mol. The molecule has 6 nitrogen and oxygen atoms in total. The highest BCUT2D eigenvalue weighted by molar-refractivity contribution is 7.20. The largest absolute Gasteiger partial charge is 0.379 e. The van der Waals surface area contributed by atoms with Crippen LogP contribution in [0.1, 0.15) is 9.67 Å². The molecule has 0 aliphatic carbocycles. The molecule has 0 saturated heterocycles. The molecule has 9 heteroatoms. The van der Waals surface area contributed by atoms with Gasteiger partial charge in [-0.05, 0) is 24.3 Å². The van der Waals surface area contributed by atoms with Crippen molar-refractivity contribution in [1.29, 1.82) is 0 Å². The summed E-state index contributed by atoms with van der Waals surface area (Å²) in [6.07, 6.45) is 0. The van der Waals surface area contributed by atoms with Crippen molar-refractivity contribution in [2.45, 2.75) is 0 Å². The smallest absolute Gasteiger partial charge is 0.298 e. The van der Waals surface area contributed by atoms with Gasteiger partial charge in [-0.3, -0.25) is 14.2 Å². The summed E-state index contributed by atoms with van der Waals surface area (Å²) in [6, 6.07) is 6.18. The Morgan fingerprint density at radius 2 is 2.00 bits per heavy atom. The number of primary amides is 1. The summed E-state index contributed by atoms with van der Waals surface area (Å²) in [5, 5.41) is 0.705. The molecule has 1 aromatic carbocycles. The summed E-state index contributed by atoms with van der Waals surface area (Å²) in [5.74, 6) is -0.806. The van der Waals surface area contributed by atoms with Crippen LogP contribution < -0.4 is 17.0 Å². The number of thiophene rings is 1. The highest BCUT2D eigenvalue weighted by Gasteiger charge is 2.17. The second-order valence-electron chi connectivity index (χ2n) is 4.40. The van der Waals surface area contributed by atoms with E-state index in [1.54, 1.807) is 12.1 Å². The summed E-state index contributed by atoms with van der Waals surface area (Å²) in [7, 11) is 0. The first kappa shape index (κ1) is 14.8. The van der Waals surface area contributed by atoms with Gasteiger partial charge in [-0.1, -0.05) is 23.2 Å². The van der Waals surface area contributed by atoms with Gasteiger partial charge in [0.1, 0.15) is 4.83 Å². The maximum atomic E-state index is 12.4. The molecular formula is C13H8Cl2N4O2S. The maximum absolute atomic E-state index is 12.4. The molecule has 0 aliphatic heterocycles. The van der Waals surface area contributed by atoms with Gasteiger partial charge >= 0.3 is 0 Å². The van der Waals surface area contributed by atoms with Crippen LogP contribution in [-0.2, 0) is 0 Å². The number of rotatable bonds is 2. The Morgan fingerprint density at radius 3 is 2.64 bits per heavy atom. The maximum Gasteiger partial charge on any atom is 0.298 e. The van der Waals surface area contributed by atoms with Crippen molar-refractivity contribution in [2.75, 3.05) is 5.73 Å². The zero-order valence-corrected chi connectivity index (χ0v) is 13.2. The lowest BCUT2D eigenvalue weighted by Crippen LogP contribution is -2.23. The van der Waals surface area contributed by atoms with E-state index in [0.29, 0.717) is 21.1 Å². The molecule has 4 N–H and O–H groups in total. The van der Waals surface area contributed by atoms with E-state index in [9.17, 15) is 9.59 Å². The number of hydrogen-bond acceptors (Lipinski definition) is 5. The van der Waals surface area contributed by atoms with Crippen molar-refractivity contribution in [3.63, 3.8) is 0 Å². The van der Waals surface area contributed by atoms with Gasteiger partial charge in [0.05, 0.1) is 21.1 Å². The second-order valence-corrected chi connectivity index (χ2v) is 6.27. The quantitative estimate of drug-likeness (QED) is 0.737. The van der Waals surface area contributed by atoms with E-state index in [-0.39, 0.29) is 15.7 Å². The number of nitrogen functional groups attached to an aromatic ring is 1. The topological polar surface area (TPSA) is 104 Å². The van der Waals surface area contributed by atoms with Gasteiger partial charge in [-0.15, -0.1) is 11.3 Å². The SMILES string of the molecule is NC(=O)c1cc2c(nc(N)c(=O)n2-c2ccc(Cl)cc2Cl)s1. The fourth-order valence-electron chi connectivity index (χ4n) is 2.02. The fourth-order valence-corrected chi connectivity index (χ4v) is 3.39. The van der Waals surface area contributed by atoms with Crippen molar-refractivity contribution >= 4 is 56.6 Å². The van der Waals surface area contributed by atoms with Crippen LogP contribution in [0.2, 0.25) is 10.0 Å². The summed E-state index contributed by atoms with van der Waals surface area (Å²) < 4.78 is 1.29. The van der Waals surface area contributed by atoms with Crippen molar-refractivity contribution in [2.24, 2.45) is 5.73 Å². The predicted molar refractivity (Wildman–Crippen MR) is 88.2 cm³/mol. The third-order valence-corrected chi connectivity index (χ3v) is 4.54. The van der Waals surface area contributed by atoms with Gasteiger partial charge < -0.3 is 11.5 Å². The van der Waals surface area contributed by atoms with Gasteiger partial charge in [-0.2, -0.15) is 0 Å². The first-order chi connectivity index (χ1) is 10.4. The number of carbonyl (C=O) groups excluding carboxylic acids is 1. The van der Waals surface area contributed by atoms with Crippen molar-refractivity contribution in [1.82, 2.24) is 9.55 Å². The number of nitrogens with zero attached hydrogens (tertiary/aromatic N) is 2. The molecule has 22 heavy (non-hydrogen) atoms. The Labute approximate surface area is 137 Å². The van der Waals surface area contributed by atoms with Crippen LogP contribution in [0.25, 0.3) is 16.0 Å². The highest BCUT2D eigenvalue weighted by Crippen LogP contribution is 2.29. The molecule has 0 unspecified atom stereocenters. The average Bonchev–Trinajstić information content (AvgIpc) is 2.85. The number of benzene rings is 1. The number of halogens is 2. The molecule has 0 bridgehead atoms. The van der Waals surface area contributed by atoms with Crippen LogP contribution in [0.4, 0.5) is 5.82 Å². The first-order valence-electron chi connectivity index (χ1n) is 5.96. The van der Waals surface area contributed by atoms with Crippen LogP contribution in [0.3, 0.4) is 0 Å². The van der Waals surface area contributed by atoms with E-state index in [2.05, 4.69) is 4.98 Å². The Kier molecular flexibility index (Phi) is 3.56. The van der Waals surface area contributed by atoms with Crippen molar-refractivity contribution < 1.29 is 4.79 Å². The molecule has 3 rings (SSSR count). The number of anilines is 1. The second kappa shape index (κ2) is 5.28. The number of carbonyl (C=O) groups is 1. The first-order valence-corrected chi connectivity index (χ1v) is 7.53. The van der Waals surface area contributed by atoms with Gasteiger partial charge in [0, 0.05) is 5.02 Å². The molecule has 0 aliphatic rings. The van der Waals surface area contributed by atoms with E-state index in [1.807, 2.05) is 0 Å². The standard InChI is InChI=1S/C13H8Cl2N4O2S/c14-5-1-2-7(6(15)3-5)19-8-4-9(11(17)20)22-12(8)18-10(16)13(19)21/h1-4H,(H2,16,18)(H2,17,20). The van der Waals surface area contributed by atoms with Gasteiger partial charge in [0.25, 0.3) is 11.5 Å². The third-order valence-electron chi connectivity index (χ3n) is 2.97. The number of hydrogen-bond donors (Lipinski definition) is 2. The molecular weight excluding hydrogens is 347 g/mol. The zero-order chi connectivity index (χ0) is 16.0. The van der Waals surface area contributed by atoms with Crippen LogP contribution in [0.15, 0.2) is 29.1 Å². The van der Waals surface area contributed by atoms with E-state index >= 15 is 0 Å². The minimum atomic E-state index is -0.609. The van der Waals surface area contributed by atoms with Gasteiger partial charge in [-0.25, -0.2) is 4.98 Å². The fraction of sp³-hybridized carbons (Fsp3) is 0. The molecule has 2 heterocycles. The highest BCUT2D eigenvalue weighted by atomic mass is 35.5. The molecule has 2 aromatic heterocycles. The number of fused-ring (bicyclic) bond motifs is 1. The minimum absolute atomic E-state index is 0.198. The predicted octanol–water partition coefficient (Wildman–Crippen LogP) is 2.44. The van der Waals surface area contributed by atoms with E-state index < -0.39 is 11.5 Å². The Hall–Kier alpha value is -2.09. The van der Waals surface area contributed by atoms with E-state index in [1.165, 1.54) is 16.7 Å². The monoisotopic (exact) mass is 354 g/mol. The molecule has 112 valence electrons. The van der Waals surface area contributed by atoms with Crippen LogP contribution in [0.5, 0.6) is 0 Å². The zero-order valence-electron chi connectivity index (χ0n) is 10.8. The minimum Gasteiger partial charge on any atom is -0.379 e. The lowest BCUT2D eigenvalue weighted by molar-refractivity contribution is 0.100. The summed E-state index contributed by atoms with van der Waals surface area (Å²) in [4.78, 5) is 28.4. The van der Waals surface area contributed by atoms with Gasteiger partial charge in [0.2, 0.25) is 0 Å². The van der Waals surface area contributed by atoms with Crippen LogP contribution >= 0.6 is 34.5 Å². The number of aromatic nitrogens is 2. The summed E-state index contributed by atoms with van der Waals surface area (Å²) >= 11 is 13.1. The summed E-state index contributed by atoms with van der Waals surface area (Å²) in [5.41, 5.74) is 11.2. The van der Waals surface area contributed by atoms with E-state index in [0.717, 1.165) is 11.3 Å². The Morgan fingerprint density at radius 1 is 1.27 bits per heavy atom. The Bertz CT molecular complexity index is 980. The van der Waals surface area contributed by atoms with Crippen LogP contribution in [0, 0.1) is 0 Å². The van der Waals surface area contributed by atoms with Crippen LogP contribution in [-0.4, -0.2) is 15.5 Å². The molecule has 3 aromatic rings. The molecule has 0 atom stereocenters. The number of amides is 1. The normalized spacial score (nSPS) is 11.0. The molecule has 0 spiro atoms. The number of nitrogens with two attached hydrogens (primary N) is 2. The third kappa shape index (κ3) is 2.33.